The van der Waals surface area contributed by atoms with E-state index in [9.17, 15) is 10.1 Å². The van der Waals surface area contributed by atoms with Crippen molar-refractivity contribution in [2.24, 2.45) is 7.05 Å². The van der Waals surface area contributed by atoms with Crippen molar-refractivity contribution in [3.8, 4) is 11.3 Å². The minimum atomic E-state index is -0.926. The maximum Gasteiger partial charge on any atom is 0.285 e. The van der Waals surface area contributed by atoms with E-state index in [4.69, 9.17) is 5.10 Å². The molecule has 4 aromatic carbocycles. The fourth-order valence-electron chi connectivity index (χ4n) is 5.18. The Labute approximate surface area is 227 Å². The van der Waals surface area contributed by atoms with Gasteiger partial charge in [0, 0.05) is 30.3 Å². The fourth-order valence-corrected chi connectivity index (χ4v) is 5.67. The Hall–Kier alpha value is -4.56. The molecular weight excluding hydrogens is 542 g/mol. The van der Waals surface area contributed by atoms with Crippen molar-refractivity contribution in [2.45, 2.75) is 5.54 Å². The molecule has 0 spiro atoms. The van der Waals surface area contributed by atoms with Crippen LogP contribution in [0.5, 0.6) is 0 Å². The Kier molecular flexibility index (Phi) is 5.88. The van der Waals surface area contributed by atoms with Crippen molar-refractivity contribution in [2.75, 3.05) is 0 Å². The summed E-state index contributed by atoms with van der Waals surface area (Å²) in [5, 5.41) is 22.4. The van der Waals surface area contributed by atoms with E-state index < -0.39 is 5.54 Å². The number of aryl methyl sites for hydroxylation is 1. The van der Waals surface area contributed by atoms with Gasteiger partial charge in [-0.05, 0) is 38.7 Å². The topological polar surface area (TPSA) is 78.8 Å². The van der Waals surface area contributed by atoms with E-state index >= 15 is 0 Å². The number of nitro groups is 1. The third kappa shape index (κ3) is 3.72. The van der Waals surface area contributed by atoms with Crippen LogP contribution in [0.15, 0.2) is 120 Å². The molecule has 0 aliphatic rings. The fraction of sp³-hybridized carbons (Fsp3) is 0.0667. The molecule has 6 rings (SSSR count). The van der Waals surface area contributed by atoms with Crippen molar-refractivity contribution in [3.63, 3.8) is 0 Å². The van der Waals surface area contributed by atoms with E-state index in [1.54, 1.807) is 23.0 Å². The van der Waals surface area contributed by atoms with E-state index in [1.807, 2.05) is 72.5 Å². The first-order valence-electron chi connectivity index (χ1n) is 12.0. The molecule has 0 fully saturated rings. The van der Waals surface area contributed by atoms with Gasteiger partial charge in [-0.1, -0.05) is 91.0 Å². The highest BCUT2D eigenvalue weighted by molar-refractivity contribution is 9.10. The van der Waals surface area contributed by atoms with E-state index in [2.05, 4.69) is 57.4 Å². The van der Waals surface area contributed by atoms with Gasteiger partial charge in [0.1, 0.15) is 11.2 Å². The lowest BCUT2D eigenvalue weighted by atomic mass is 9.77. The van der Waals surface area contributed by atoms with E-state index in [1.165, 1.54) is 0 Å². The first-order chi connectivity index (χ1) is 18.5. The average Bonchev–Trinajstić information content (AvgIpc) is 3.54. The summed E-state index contributed by atoms with van der Waals surface area (Å²) in [5.74, 6) is 0. The third-order valence-electron chi connectivity index (χ3n) is 6.82. The van der Waals surface area contributed by atoms with Gasteiger partial charge in [0.25, 0.3) is 5.69 Å². The number of halogens is 1. The molecule has 6 aromatic rings. The van der Waals surface area contributed by atoms with Crippen molar-refractivity contribution in [1.82, 2.24) is 19.6 Å². The molecule has 0 atom stereocenters. The van der Waals surface area contributed by atoms with Crippen LogP contribution in [0.4, 0.5) is 5.69 Å². The SMILES string of the molecule is Cn1cc(-c2nn(C(c3ccccc3)(c3ccccc3)c3ccccc3)c3cc([N+](=O)[O-])c(Br)cc23)cn1. The van der Waals surface area contributed by atoms with Crippen molar-refractivity contribution < 1.29 is 4.92 Å². The largest absolute Gasteiger partial charge is 0.285 e. The molecule has 0 saturated heterocycles. The Balaban J connectivity index is 1.83. The minimum absolute atomic E-state index is 0.0283. The minimum Gasteiger partial charge on any atom is -0.275 e. The zero-order valence-electron chi connectivity index (χ0n) is 20.4. The van der Waals surface area contributed by atoms with Crippen LogP contribution in [-0.4, -0.2) is 24.5 Å². The van der Waals surface area contributed by atoms with Gasteiger partial charge >= 0.3 is 0 Å². The van der Waals surface area contributed by atoms with Crippen molar-refractivity contribution in [3.05, 3.63) is 147 Å². The van der Waals surface area contributed by atoms with Crippen LogP contribution in [0.1, 0.15) is 16.7 Å². The highest BCUT2D eigenvalue weighted by Crippen LogP contribution is 2.45. The zero-order chi connectivity index (χ0) is 26.3. The summed E-state index contributed by atoms with van der Waals surface area (Å²) in [6.45, 7) is 0. The molecule has 0 aliphatic carbocycles. The lowest BCUT2D eigenvalue weighted by Crippen LogP contribution is -2.38. The summed E-state index contributed by atoms with van der Waals surface area (Å²) in [6.07, 6.45) is 3.66. The van der Waals surface area contributed by atoms with Gasteiger partial charge in [0.15, 0.2) is 0 Å². The summed E-state index contributed by atoms with van der Waals surface area (Å²) >= 11 is 3.42. The first kappa shape index (κ1) is 23.8. The van der Waals surface area contributed by atoms with Gasteiger partial charge in [-0.25, -0.2) is 4.68 Å². The number of aromatic nitrogens is 4. The summed E-state index contributed by atoms with van der Waals surface area (Å²) in [5.41, 5.74) is 4.12. The number of rotatable bonds is 6. The molecule has 0 aliphatic heterocycles. The van der Waals surface area contributed by atoms with Gasteiger partial charge in [-0.3, -0.25) is 14.8 Å². The maximum atomic E-state index is 12.0. The molecule has 8 heteroatoms. The lowest BCUT2D eigenvalue weighted by molar-refractivity contribution is -0.385. The van der Waals surface area contributed by atoms with E-state index in [0.717, 1.165) is 27.6 Å². The molecule has 2 aromatic heterocycles. The molecule has 0 radical (unpaired) electrons. The second-order valence-electron chi connectivity index (χ2n) is 9.05. The highest BCUT2D eigenvalue weighted by atomic mass is 79.9. The number of benzene rings is 4. The van der Waals surface area contributed by atoms with Gasteiger partial charge in [0.05, 0.1) is 21.1 Å². The average molecular weight is 564 g/mol. The van der Waals surface area contributed by atoms with Crippen LogP contribution in [0.2, 0.25) is 0 Å². The Morgan fingerprint density at radius 1 is 0.842 bits per heavy atom. The Morgan fingerprint density at radius 2 is 1.37 bits per heavy atom. The molecule has 2 heterocycles. The van der Waals surface area contributed by atoms with Gasteiger partial charge in [-0.2, -0.15) is 10.2 Å². The molecular formula is C30H22BrN5O2. The standard InChI is InChI=1S/C30H22BrN5O2/c1-34-20-21(19-32-34)29-25-17-26(31)28(36(37)38)18-27(25)35(33-29)30(22-11-5-2-6-12-22,23-13-7-3-8-14-23)24-15-9-4-10-16-24/h2-20H,1H3. The second kappa shape index (κ2) is 9.39. The smallest absolute Gasteiger partial charge is 0.275 e. The van der Waals surface area contributed by atoms with E-state index in [-0.39, 0.29) is 10.6 Å². The van der Waals surface area contributed by atoms with Crippen LogP contribution >= 0.6 is 15.9 Å². The van der Waals surface area contributed by atoms with Crippen LogP contribution in [0.25, 0.3) is 22.2 Å². The predicted octanol–water partition coefficient (Wildman–Crippen LogP) is 6.95. The van der Waals surface area contributed by atoms with Crippen molar-refractivity contribution in [1.29, 1.82) is 0 Å². The molecule has 0 amide bonds. The number of hydrogen-bond acceptors (Lipinski definition) is 4. The van der Waals surface area contributed by atoms with Crippen LogP contribution in [0.3, 0.4) is 0 Å². The molecule has 186 valence electrons. The van der Waals surface area contributed by atoms with Gasteiger partial charge in [-0.15, -0.1) is 0 Å². The number of fused-ring (bicyclic) bond motifs is 1. The first-order valence-corrected chi connectivity index (χ1v) is 12.8. The molecule has 38 heavy (non-hydrogen) atoms. The predicted molar refractivity (Wildman–Crippen MR) is 151 cm³/mol. The molecule has 0 N–H and O–H groups in total. The molecule has 0 bridgehead atoms. The van der Waals surface area contributed by atoms with Crippen LogP contribution in [-0.2, 0) is 12.6 Å². The molecule has 0 saturated carbocycles. The highest BCUT2D eigenvalue weighted by Gasteiger charge is 2.41. The Morgan fingerprint density at radius 3 is 1.82 bits per heavy atom. The molecule has 7 nitrogen and oxygen atoms in total. The Bertz CT molecular complexity index is 1670. The van der Waals surface area contributed by atoms with Crippen LogP contribution < -0.4 is 0 Å². The number of nitro benzene ring substituents is 1. The zero-order valence-corrected chi connectivity index (χ0v) is 22.0. The number of nitrogens with zero attached hydrogens (tertiary/aromatic N) is 5. The van der Waals surface area contributed by atoms with Gasteiger partial charge in [0.2, 0.25) is 0 Å². The summed E-state index contributed by atoms with van der Waals surface area (Å²) in [6, 6.07) is 33.8. The maximum absolute atomic E-state index is 12.0. The lowest BCUT2D eigenvalue weighted by Gasteiger charge is -2.37. The monoisotopic (exact) mass is 563 g/mol. The molecule has 0 unspecified atom stereocenters. The van der Waals surface area contributed by atoms with Crippen molar-refractivity contribution >= 4 is 32.5 Å². The van der Waals surface area contributed by atoms with E-state index in [0.29, 0.717) is 15.7 Å². The summed E-state index contributed by atoms with van der Waals surface area (Å²) in [7, 11) is 1.85. The summed E-state index contributed by atoms with van der Waals surface area (Å²) in [4.78, 5) is 11.7. The second-order valence-corrected chi connectivity index (χ2v) is 9.90. The number of hydrogen-bond donors (Lipinski definition) is 0. The quantitative estimate of drug-likeness (QED) is 0.125. The summed E-state index contributed by atoms with van der Waals surface area (Å²) < 4.78 is 4.05. The van der Waals surface area contributed by atoms with Crippen LogP contribution in [0, 0.1) is 10.1 Å². The van der Waals surface area contributed by atoms with Gasteiger partial charge < -0.3 is 0 Å². The normalized spacial score (nSPS) is 11.6. The third-order valence-corrected chi connectivity index (χ3v) is 7.45.